The highest BCUT2D eigenvalue weighted by Gasteiger charge is 2.02. The van der Waals surface area contributed by atoms with E-state index in [0.717, 1.165) is 23.3 Å². The van der Waals surface area contributed by atoms with Gasteiger partial charge in [0.2, 0.25) is 0 Å². The summed E-state index contributed by atoms with van der Waals surface area (Å²) in [6, 6.07) is 4.47. The number of nitrogens with two attached hydrogens (primary N) is 1. The Labute approximate surface area is 89.3 Å². The minimum atomic E-state index is 0.705. The normalized spacial score (nSPS) is 10.8. The summed E-state index contributed by atoms with van der Waals surface area (Å²) in [5.74, 6) is 0. The van der Waals surface area contributed by atoms with Crippen LogP contribution < -0.4 is 16.2 Å². The van der Waals surface area contributed by atoms with E-state index in [1.807, 2.05) is 0 Å². The average molecular weight is 208 g/mol. The monoisotopic (exact) mass is 208 g/mol. The van der Waals surface area contributed by atoms with Gasteiger partial charge in [-0.2, -0.15) is 0 Å². The molecule has 0 aliphatic rings. The summed E-state index contributed by atoms with van der Waals surface area (Å²) < 4.78 is 0. The minimum absolute atomic E-state index is 0.705. The molecule has 3 N–H and O–H groups in total. The Balaban J connectivity index is 2.73. The second-order valence-corrected chi connectivity index (χ2v) is 4.83. The smallest absolute Gasteiger partial charge is 0.0388 e. The van der Waals surface area contributed by atoms with Gasteiger partial charge in [0.1, 0.15) is 0 Å². The predicted octanol–water partition coefficient (Wildman–Crippen LogP) is -0.658. The van der Waals surface area contributed by atoms with Crippen LogP contribution in [0.25, 0.3) is 0 Å². The van der Waals surface area contributed by atoms with Gasteiger partial charge in [-0.15, -0.1) is 0 Å². The molecule has 0 radical (unpaired) electrons. The fraction of sp³-hybridized carbons (Fsp3) is 0.455. The Hall–Kier alpha value is -0.643. The van der Waals surface area contributed by atoms with Crippen molar-refractivity contribution in [2.24, 2.45) is 5.73 Å². The van der Waals surface area contributed by atoms with Gasteiger partial charge in [0.25, 0.3) is 0 Å². The molecule has 0 aliphatic heterocycles. The molecule has 0 aromatic heterocycles. The summed E-state index contributed by atoms with van der Waals surface area (Å²) >= 11 is 0. The molecule has 0 aliphatic carbocycles. The van der Waals surface area contributed by atoms with Gasteiger partial charge in [-0.1, -0.05) is 17.3 Å². The molecule has 1 aromatic carbocycles. The first-order valence-electron chi connectivity index (χ1n) is 5.13. The van der Waals surface area contributed by atoms with Crippen molar-refractivity contribution in [2.45, 2.75) is 20.4 Å². The summed E-state index contributed by atoms with van der Waals surface area (Å²) in [5, 5.41) is 4.83. The molecule has 2 nitrogen and oxygen atoms in total. The average Bonchev–Trinajstić information content (AvgIpc) is 2.18. The standard InChI is InChI=1S/C11H20N2Si/c1-8-9(2)11(14)4-3-10(8)7-13-6-5-12/h3-4,13H,5-7,12H2,1-2,14H3. The maximum atomic E-state index is 5.43. The Kier molecular flexibility index (Phi) is 4.32. The lowest BCUT2D eigenvalue weighted by Gasteiger charge is -2.11. The van der Waals surface area contributed by atoms with E-state index in [4.69, 9.17) is 5.73 Å². The highest BCUT2D eigenvalue weighted by molar-refractivity contribution is 6.33. The summed E-state index contributed by atoms with van der Waals surface area (Å²) in [6.45, 7) is 6.95. The van der Waals surface area contributed by atoms with Crippen molar-refractivity contribution >= 4 is 15.4 Å². The molecular weight excluding hydrogens is 188 g/mol. The fourth-order valence-corrected chi connectivity index (χ4v) is 2.07. The lowest BCUT2D eigenvalue weighted by atomic mass is 10.0. The van der Waals surface area contributed by atoms with Crippen LogP contribution in [0.4, 0.5) is 0 Å². The van der Waals surface area contributed by atoms with Gasteiger partial charge in [-0.25, -0.2) is 0 Å². The number of rotatable bonds is 4. The van der Waals surface area contributed by atoms with E-state index in [0.29, 0.717) is 6.54 Å². The van der Waals surface area contributed by atoms with Gasteiger partial charge in [-0.05, 0) is 30.5 Å². The van der Waals surface area contributed by atoms with Gasteiger partial charge >= 0.3 is 0 Å². The lowest BCUT2D eigenvalue weighted by Crippen LogP contribution is -2.23. The Bertz CT molecular complexity index is 310. The van der Waals surface area contributed by atoms with Crippen LogP contribution in [-0.4, -0.2) is 23.3 Å². The molecule has 0 atom stereocenters. The van der Waals surface area contributed by atoms with Crippen LogP contribution in [0.1, 0.15) is 16.7 Å². The van der Waals surface area contributed by atoms with Crippen molar-refractivity contribution < 1.29 is 0 Å². The number of nitrogens with one attached hydrogen (secondary N) is 1. The molecule has 1 rings (SSSR count). The molecule has 14 heavy (non-hydrogen) atoms. The van der Waals surface area contributed by atoms with Crippen molar-refractivity contribution in [2.75, 3.05) is 13.1 Å². The molecule has 0 bridgehead atoms. The van der Waals surface area contributed by atoms with Gasteiger partial charge in [0.15, 0.2) is 0 Å². The number of hydrogen-bond acceptors (Lipinski definition) is 2. The lowest BCUT2D eigenvalue weighted by molar-refractivity contribution is 0.692. The van der Waals surface area contributed by atoms with Crippen LogP contribution in [0.3, 0.4) is 0 Å². The summed E-state index contributed by atoms with van der Waals surface area (Å²) in [4.78, 5) is 0. The molecule has 0 saturated carbocycles. The number of benzene rings is 1. The maximum absolute atomic E-state index is 5.43. The van der Waals surface area contributed by atoms with Gasteiger partial charge in [-0.3, -0.25) is 0 Å². The van der Waals surface area contributed by atoms with E-state index in [2.05, 4.69) is 31.3 Å². The zero-order chi connectivity index (χ0) is 10.6. The van der Waals surface area contributed by atoms with E-state index < -0.39 is 0 Å². The van der Waals surface area contributed by atoms with Crippen molar-refractivity contribution in [3.05, 3.63) is 28.8 Å². The minimum Gasteiger partial charge on any atom is -0.329 e. The van der Waals surface area contributed by atoms with E-state index in [1.165, 1.54) is 21.9 Å². The molecule has 1 aromatic rings. The molecule has 0 amide bonds. The van der Waals surface area contributed by atoms with E-state index in [9.17, 15) is 0 Å². The fourth-order valence-electron chi connectivity index (χ4n) is 1.53. The first-order valence-corrected chi connectivity index (χ1v) is 6.13. The molecular formula is C11H20N2Si. The van der Waals surface area contributed by atoms with Crippen LogP contribution in [-0.2, 0) is 6.54 Å². The predicted molar refractivity (Wildman–Crippen MR) is 66.3 cm³/mol. The first kappa shape index (κ1) is 11.4. The third kappa shape index (κ3) is 2.67. The third-order valence-corrected chi connectivity index (χ3v) is 3.89. The third-order valence-electron chi connectivity index (χ3n) is 2.81. The SMILES string of the molecule is Cc1c([SiH3])ccc(CNCCN)c1C. The highest BCUT2D eigenvalue weighted by atomic mass is 28.1. The van der Waals surface area contributed by atoms with Crippen LogP contribution in [0, 0.1) is 13.8 Å². The topological polar surface area (TPSA) is 38.0 Å². The van der Waals surface area contributed by atoms with Crippen LogP contribution in [0.15, 0.2) is 12.1 Å². The molecule has 0 spiro atoms. The Morgan fingerprint density at radius 3 is 2.64 bits per heavy atom. The van der Waals surface area contributed by atoms with Crippen molar-refractivity contribution in [1.29, 1.82) is 0 Å². The second-order valence-electron chi connectivity index (χ2n) is 3.76. The zero-order valence-electron chi connectivity index (χ0n) is 9.35. The Morgan fingerprint density at radius 1 is 1.29 bits per heavy atom. The van der Waals surface area contributed by atoms with Gasteiger partial charge in [0.05, 0.1) is 0 Å². The molecule has 0 heterocycles. The number of hydrogen-bond donors (Lipinski definition) is 2. The summed E-state index contributed by atoms with van der Waals surface area (Å²) in [6.07, 6.45) is 0. The molecule has 0 saturated heterocycles. The van der Waals surface area contributed by atoms with Crippen LogP contribution in [0.5, 0.6) is 0 Å². The first-order chi connectivity index (χ1) is 6.66. The van der Waals surface area contributed by atoms with Crippen molar-refractivity contribution in [1.82, 2.24) is 5.32 Å². The van der Waals surface area contributed by atoms with Gasteiger partial charge in [0, 0.05) is 29.9 Å². The zero-order valence-corrected chi connectivity index (χ0v) is 11.4. The largest absolute Gasteiger partial charge is 0.329 e. The molecule has 0 fully saturated rings. The van der Waals surface area contributed by atoms with Crippen LogP contribution >= 0.6 is 0 Å². The second kappa shape index (κ2) is 5.29. The Morgan fingerprint density at radius 2 is 2.00 bits per heavy atom. The van der Waals surface area contributed by atoms with Crippen molar-refractivity contribution in [3.63, 3.8) is 0 Å². The molecule has 3 heteroatoms. The molecule has 78 valence electrons. The van der Waals surface area contributed by atoms with Crippen LogP contribution in [0.2, 0.25) is 0 Å². The highest BCUT2D eigenvalue weighted by Crippen LogP contribution is 2.09. The summed E-state index contributed by atoms with van der Waals surface area (Å²) in [5.41, 5.74) is 9.72. The van der Waals surface area contributed by atoms with E-state index in [-0.39, 0.29) is 0 Å². The van der Waals surface area contributed by atoms with Crippen molar-refractivity contribution in [3.8, 4) is 0 Å². The maximum Gasteiger partial charge on any atom is 0.0388 e. The van der Waals surface area contributed by atoms with Gasteiger partial charge < -0.3 is 11.1 Å². The van der Waals surface area contributed by atoms with E-state index >= 15 is 0 Å². The van der Waals surface area contributed by atoms with E-state index in [1.54, 1.807) is 0 Å². The summed E-state index contributed by atoms with van der Waals surface area (Å²) in [7, 11) is 1.14. The molecule has 0 unspecified atom stereocenters. The quantitative estimate of drug-likeness (QED) is 0.509.